The number of ether oxygens (including phenoxy) is 2. The summed E-state index contributed by atoms with van der Waals surface area (Å²) < 4.78 is 12.1. The van der Waals surface area contributed by atoms with Gasteiger partial charge in [0.1, 0.15) is 17.0 Å². The molecule has 0 aliphatic carbocycles. The summed E-state index contributed by atoms with van der Waals surface area (Å²) in [5.41, 5.74) is 1.38. The number of unbranched alkanes of at least 4 members (excludes halogenated alkanes) is 1. The standard InChI is InChI=1S/C19H20N2O4S/c1-3-4-9-25-17(22)11-21-12-20-15-10-16(26-18(15)19(21)23)13-5-7-14(24-2)8-6-13/h5-8,10,12H,3-4,9,11H2,1-2H3. The van der Waals surface area contributed by atoms with Crippen LogP contribution in [0.1, 0.15) is 19.8 Å². The number of thiophene rings is 1. The van der Waals surface area contributed by atoms with E-state index in [9.17, 15) is 9.59 Å². The van der Waals surface area contributed by atoms with Crippen LogP contribution in [-0.4, -0.2) is 29.2 Å². The molecule has 0 fully saturated rings. The highest BCUT2D eigenvalue weighted by Gasteiger charge is 2.13. The Morgan fingerprint density at radius 1 is 1.27 bits per heavy atom. The molecule has 0 unspecified atom stereocenters. The number of methoxy groups -OCH3 is 1. The van der Waals surface area contributed by atoms with Crippen molar-refractivity contribution in [3.05, 3.63) is 47.0 Å². The van der Waals surface area contributed by atoms with E-state index in [0.29, 0.717) is 16.8 Å². The number of benzene rings is 1. The van der Waals surface area contributed by atoms with Crippen LogP contribution in [-0.2, 0) is 16.1 Å². The Morgan fingerprint density at radius 2 is 2.04 bits per heavy atom. The van der Waals surface area contributed by atoms with Crippen LogP contribution < -0.4 is 10.3 Å². The lowest BCUT2D eigenvalue weighted by Gasteiger charge is -2.05. The molecule has 1 aromatic carbocycles. The molecule has 3 aromatic rings. The second-order valence-electron chi connectivity index (χ2n) is 5.81. The fourth-order valence-electron chi connectivity index (χ4n) is 2.47. The number of fused-ring (bicyclic) bond motifs is 1. The molecule has 0 N–H and O–H groups in total. The molecule has 136 valence electrons. The summed E-state index contributed by atoms with van der Waals surface area (Å²) in [5.74, 6) is 0.352. The Bertz CT molecular complexity index is 960. The highest BCUT2D eigenvalue weighted by molar-refractivity contribution is 7.22. The fraction of sp³-hybridized carbons (Fsp3) is 0.316. The van der Waals surface area contributed by atoms with Crippen molar-refractivity contribution in [2.24, 2.45) is 0 Å². The predicted molar refractivity (Wildman–Crippen MR) is 102 cm³/mol. The molecule has 0 radical (unpaired) electrons. The smallest absolute Gasteiger partial charge is 0.326 e. The third kappa shape index (κ3) is 3.94. The average molecular weight is 372 g/mol. The van der Waals surface area contributed by atoms with Crippen molar-refractivity contribution in [3.8, 4) is 16.2 Å². The van der Waals surface area contributed by atoms with E-state index in [4.69, 9.17) is 9.47 Å². The van der Waals surface area contributed by atoms with Gasteiger partial charge < -0.3 is 9.47 Å². The summed E-state index contributed by atoms with van der Waals surface area (Å²) in [6.45, 7) is 2.27. The first-order valence-electron chi connectivity index (χ1n) is 8.41. The van der Waals surface area contributed by atoms with Crippen LogP contribution in [0.4, 0.5) is 0 Å². The highest BCUT2D eigenvalue weighted by atomic mass is 32.1. The van der Waals surface area contributed by atoms with Crippen molar-refractivity contribution in [1.82, 2.24) is 9.55 Å². The van der Waals surface area contributed by atoms with Gasteiger partial charge in [-0.1, -0.05) is 13.3 Å². The van der Waals surface area contributed by atoms with Crippen molar-refractivity contribution < 1.29 is 14.3 Å². The molecule has 0 aliphatic rings. The zero-order chi connectivity index (χ0) is 18.5. The van der Waals surface area contributed by atoms with E-state index in [0.717, 1.165) is 29.0 Å². The molecule has 3 rings (SSSR count). The maximum absolute atomic E-state index is 12.6. The van der Waals surface area contributed by atoms with Gasteiger partial charge in [-0.05, 0) is 42.3 Å². The minimum absolute atomic E-state index is 0.124. The quantitative estimate of drug-likeness (QED) is 0.469. The fourth-order valence-corrected chi connectivity index (χ4v) is 3.54. The van der Waals surface area contributed by atoms with Crippen molar-refractivity contribution in [2.45, 2.75) is 26.3 Å². The molecule has 7 heteroatoms. The van der Waals surface area contributed by atoms with Gasteiger partial charge in [-0.15, -0.1) is 11.3 Å². The van der Waals surface area contributed by atoms with E-state index in [1.807, 2.05) is 37.3 Å². The van der Waals surface area contributed by atoms with Gasteiger partial charge in [-0.2, -0.15) is 0 Å². The number of nitrogens with zero attached hydrogens (tertiary/aromatic N) is 2. The third-order valence-corrected chi connectivity index (χ3v) is 5.10. The van der Waals surface area contributed by atoms with Crippen LogP contribution in [0.2, 0.25) is 0 Å². The van der Waals surface area contributed by atoms with Gasteiger partial charge >= 0.3 is 5.97 Å². The summed E-state index contributed by atoms with van der Waals surface area (Å²) in [4.78, 5) is 29.7. The van der Waals surface area contributed by atoms with Crippen LogP contribution in [0, 0.1) is 0 Å². The number of carbonyl (C=O) groups is 1. The Hall–Kier alpha value is -2.67. The van der Waals surface area contributed by atoms with Gasteiger partial charge in [0.2, 0.25) is 0 Å². The van der Waals surface area contributed by atoms with Gasteiger partial charge in [0, 0.05) is 4.88 Å². The highest BCUT2D eigenvalue weighted by Crippen LogP contribution is 2.31. The van der Waals surface area contributed by atoms with E-state index in [2.05, 4.69) is 4.98 Å². The van der Waals surface area contributed by atoms with Crippen molar-refractivity contribution in [3.63, 3.8) is 0 Å². The van der Waals surface area contributed by atoms with Gasteiger partial charge in [-0.3, -0.25) is 14.2 Å². The first kappa shape index (κ1) is 18.1. The van der Waals surface area contributed by atoms with Crippen LogP contribution in [0.3, 0.4) is 0 Å². The summed E-state index contributed by atoms with van der Waals surface area (Å²) >= 11 is 1.36. The lowest BCUT2D eigenvalue weighted by Crippen LogP contribution is -2.25. The van der Waals surface area contributed by atoms with E-state index >= 15 is 0 Å². The Morgan fingerprint density at radius 3 is 2.73 bits per heavy atom. The Labute approximate surface area is 155 Å². The van der Waals surface area contributed by atoms with Crippen molar-refractivity contribution in [1.29, 1.82) is 0 Å². The van der Waals surface area contributed by atoms with Crippen molar-refractivity contribution >= 4 is 27.5 Å². The normalized spacial score (nSPS) is 10.8. The number of aromatic nitrogens is 2. The second-order valence-corrected chi connectivity index (χ2v) is 6.86. The van der Waals surface area contributed by atoms with Gasteiger partial charge in [0.15, 0.2) is 0 Å². The Kier molecular flexibility index (Phi) is 5.68. The minimum atomic E-state index is -0.423. The lowest BCUT2D eigenvalue weighted by molar-refractivity contribution is -0.144. The zero-order valence-corrected chi connectivity index (χ0v) is 15.5. The molecule has 2 aromatic heterocycles. The number of hydrogen-bond acceptors (Lipinski definition) is 6. The summed E-state index contributed by atoms with van der Waals surface area (Å²) in [7, 11) is 1.62. The molecule has 26 heavy (non-hydrogen) atoms. The molecule has 0 saturated heterocycles. The largest absolute Gasteiger partial charge is 0.497 e. The monoisotopic (exact) mass is 372 g/mol. The molecule has 0 amide bonds. The number of esters is 1. The first-order valence-corrected chi connectivity index (χ1v) is 9.23. The maximum atomic E-state index is 12.6. The van der Waals surface area contributed by atoms with Crippen LogP contribution >= 0.6 is 11.3 Å². The molecule has 0 aliphatic heterocycles. The summed E-state index contributed by atoms with van der Waals surface area (Å²) in [6, 6.07) is 9.50. The summed E-state index contributed by atoms with van der Waals surface area (Å²) in [6.07, 6.45) is 3.16. The van der Waals surface area contributed by atoms with E-state index < -0.39 is 5.97 Å². The molecular formula is C19H20N2O4S. The molecule has 0 atom stereocenters. The predicted octanol–water partition coefficient (Wildman–Crippen LogP) is 3.48. The van der Waals surface area contributed by atoms with Gasteiger partial charge in [-0.25, -0.2) is 4.98 Å². The Balaban J connectivity index is 1.84. The van der Waals surface area contributed by atoms with Crippen molar-refractivity contribution in [2.75, 3.05) is 13.7 Å². The molecule has 0 bridgehead atoms. The van der Waals surface area contributed by atoms with E-state index in [1.54, 1.807) is 7.11 Å². The molecular weight excluding hydrogens is 352 g/mol. The molecule has 6 nitrogen and oxygen atoms in total. The number of rotatable bonds is 7. The van der Waals surface area contributed by atoms with Crippen LogP contribution in [0.5, 0.6) is 5.75 Å². The molecule has 0 spiro atoms. The molecule has 2 heterocycles. The average Bonchev–Trinajstić information content (AvgIpc) is 3.09. The van der Waals surface area contributed by atoms with Crippen LogP contribution in [0.15, 0.2) is 41.5 Å². The SMILES string of the molecule is CCCCOC(=O)Cn1cnc2cc(-c3ccc(OC)cc3)sc2c1=O. The number of carbonyl (C=O) groups excluding carboxylic acids is 1. The number of hydrogen-bond donors (Lipinski definition) is 0. The van der Waals surface area contributed by atoms with Gasteiger partial charge in [0.25, 0.3) is 5.56 Å². The molecule has 0 saturated carbocycles. The van der Waals surface area contributed by atoms with Gasteiger partial charge in [0.05, 0.1) is 25.6 Å². The topological polar surface area (TPSA) is 70.4 Å². The lowest BCUT2D eigenvalue weighted by atomic mass is 10.2. The third-order valence-electron chi connectivity index (χ3n) is 3.94. The maximum Gasteiger partial charge on any atom is 0.326 e. The first-order chi connectivity index (χ1) is 12.6. The minimum Gasteiger partial charge on any atom is -0.497 e. The summed E-state index contributed by atoms with van der Waals surface area (Å²) in [5, 5.41) is 0. The van der Waals surface area contributed by atoms with E-state index in [1.165, 1.54) is 22.2 Å². The zero-order valence-electron chi connectivity index (χ0n) is 14.7. The van der Waals surface area contributed by atoms with Crippen LogP contribution in [0.25, 0.3) is 20.7 Å². The van der Waals surface area contributed by atoms with E-state index in [-0.39, 0.29) is 12.1 Å². The second kappa shape index (κ2) is 8.14.